The Bertz CT molecular complexity index is 180. The Balaban J connectivity index is 4.25. The number of rotatable bonds is 4. The van der Waals surface area contributed by atoms with E-state index in [9.17, 15) is 9.59 Å². The van der Waals surface area contributed by atoms with Crippen molar-refractivity contribution in [3.8, 4) is 0 Å². The monoisotopic (exact) mass is 177 g/mol. The Kier molecular flexibility index (Phi) is 4.37. The Morgan fingerprint density at radius 3 is 2.00 bits per heavy atom. The van der Waals surface area contributed by atoms with E-state index in [1.807, 2.05) is 0 Å². The van der Waals surface area contributed by atoms with Gasteiger partial charge in [0.25, 0.3) is 5.91 Å². The molecule has 1 atom stereocenters. The van der Waals surface area contributed by atoms with Gasteiger partial charge in [-0.25, -0.2) is 0 Å². The molecule has 0 radical (unpaired) electrons. The Labute approximate surface area is 68.8 Å². The quantitative estimate of drug-likeness (QED) is 0.319. The summed E-state index contributed by atoms with van der Waals surface area (Å²) >= 11 is 0. The Hall–Kier alpha value is -1.02. The lowest BCUT2D eigenvalue weighted by Crippen LogP contribution is -2.52. The third-order valence-corrected chi connectivity index (χ3v) is 1.40. The second kappa shape index (κ2) is 4.78. The fourth-order valence-corrected chi connectivity index (χ4v) is 0.488. The molecule has 7 nitrogen and oxygen atoms in total. The molecule has 0 rings (SSSR count). The van der Waals surface area contributed by atoms with Crippen molar-refractivity contribution in [3.05, 3.63) is 0 Å². The van der Waals surface area contributed by atoms with E-state index >= 15 is 0 Å². The fraction of sp³-hybridized carbons (Fsp3) is 0.600. The smallest absolute Gasteiger partial charge is 0.265 e. The van der Waals surface area contributed by atoms with Gasteiger partial charge in [-0.05, 0) is 13.8 Å². The van der Waals surface area contributed by atoms with Crippen LogP contribution in [-0.4, -0.2) is 27.2 Å². The number of ketones is 1. The number of amides is 1. The zero-order chi connectivity index (χ0) is 9.72. The molecule has 1 amide bonds. The normalized spacial score (nSPS) is 12.3. The fourth-order valence-electron chi connectivity index (χ4n) is 0.488. The molecule has 4 N–H and O–H groups in total. The second-order valence-corrected chi connectivity index (χ2v) is 2.21. The van der Waals surface area contributed by atoms with Crippen molar-refractivity contribution in [1.82, 2.24) is 16.3 Å². The van der Waals surface area contributed by atoms with Gasteiger partial charge >= 0.3 is 0 Å². The molecule has 0 aromatic carbocycles. The molecule has 0 fully saturated rings. The number of carbonyl (C=O) groups is 2. The van der Waals surface area contributed by atoms with Gasteiger partial charge in [0.2, 0.25) is 0 Å². The van der Waals surface area contributed by atoms with Crippen LogP contribution in [0.2, 0.25) is 0 Å². The van der Waals surface area contributed by atoms with E-state index in [-0.39, 0.29) is 10.9 Å². The SMILES string of the molecule is CC(=O)C(C)C(=O)N(NO)NO. The number of nitrogens with one attached hydrogen (secondary N) is 2. The number of Topliss-reactive ketones (excluding diaryl/α,β-unsaturated/α-hetero) is 1. The first-order valence-electron chi connectivity index (χ1n) is 3.18. The zero-order valence-corrected chi connectivity index (χ0v) is 6.74. The van der Waals surface area contributed by atoms with Crippen molar-refractivity contribution in [1.29, 1.82) is 0 Å². The summed E-state index contributed by atoms with van der Waals surface area (Å²) in [6.07, 6.45) is 0. The van der Waals surface area contributed by atoms with Crippen molar-refractivity contribution < 1.29 is 20.0 Å². The molecule has 0 aromatic heterocycles. The molecule has 70 valence electrons. The highest BCUT2D eigenvalue weighted by atomic mass is 16.6. The maximum Gasteiger partial charge on any atom is 0.265 e. The van der Waals surface area contributed by atoms with Gasteiger partial charge in [0, 0.05) is 0 Å². The highest BCUT2D eigenvalue weighted by Crippen LogP contribution is 1.99. The van der Waals surface area contributed by atoms with Crippen LogP contribution in [0.3, 0.4) is 0 Å². The minimum atomic E-state index is -0.927. The van der Waals surface area contributed by atoms with Gasteiger partial charge in [0.15, 0.2) is 0 Å². The molecule has 0 aromatic rings. The van der Waals surface area contributed by atoms with Crippen molar-refractivity contribution in [2.75, 3.05) is 0 Å². The standard InChI is InChI=1S/C5H11N3O4/c1-3(4(2)9)5(10)8(6-11)7-12/h3,6-7,11-12H,1-2H3. The summed E-state index contributed by atoms with van der Waals surface area (Å²) in [5, 5.41) is 16.8. The van der Waals surface area contributed by atoms with E-state index in [4.69, 9.17) is 10.4 Å². The average molecular weight is 177 g/mol. The summed E-state index contributed by atoms with van der Waals surface area (Å²) in [7, 11) is 0. The lowest BCUT2D eigenvalue weighted by atomic mass is 10.1. The van der Waals surface area contributed by atoms with Crippen molar-refractivity contribution in [3.63, 3.8) is 0 Å². The zero-order valence-electron chi connectivity index (χ0n) is 6.74. The van der Waals surface area contributed by atoms with Crippen LogP contribution >= 0.6 is 0 Å². The molecule has 0 saturated heterocycles. The molecule has 1 unspecified atom stereocenters. The van der Waals surface area contributed by atoms with Crippen LogP contribution in [0.25, 0.3) is 0 Å². The predicted octanol–water partition coefficient (Wildman–Crippen LogP) is -1.17. The average Bonchev–Trinajstić information content (AvgIpc) is 2.05. The van der Waals surface area contributed by atoms with E-state index in [0.29, 0.717) is 0 Å². The van der Waals surface area contributed by atoms with E-state index < -0.39 is 11.8 Å². The molecule has 12 heavy (non-hydrogen) atoms. The summed E-state index contributed by atoms with van der Waals surface area (Å²) < 4.78 is 0. The second-order valence-electron chi connectivity index (χ2n) is 2.21. The molecule has 7 heteroatoms. The molecular weight excluding hydrogens is 166 g/mol. The molecule has 0 spiro atoms. The largest absolute Gasteiger partial charge is 0.299 e. The van der Waals surface area contributed by atoms with Crippen LogP contribution in [0, 0.1) is 5.92 Å². The van der Waals surface area contributed by atoms with Crippen molar-refractivity contribution in [2.45, 2.75) is 13.8 Å². The van der Waals surface area contributed by atoms with Crippen LogP contribution in [0.4, 0.5) is 0 Å². The van der Waals surface area contributed by atoms with Crippen LogP contribution in [0.5, 0.6) is 0 Å². The van der Waals surface area contributed by atoms with Crippen LogP contribution < -0.4 is 11.2 Å². The lowest BCUT2D eigenvalue weighted by Gasteiger charge is -2.18. The van der Waals surface area contributed by atoms with Crippen LogP contribution in [-0.2, 0) is 9.59 Å². The summed E-state index contributed by atoms with van der Waals surface area (Å²) in [6, 6.07) is 0. The van der Waals surface area contributed by atoms with Gasteiger partial charge in [-0.3, -0.25) is 20.0 Å². The number of carbonyl (C=O) groups excluding carboxylic acids is 2. The number of hydrogen-bond acceptors (Lipinski definition) is 6. The molecule has 0 aliphatic rings. The van der Waals surface area contributed by atoms with Gasteiger partial charge in [-0.15, -0.1) is 0 Å². The summed E-state index contributed by atoms with van der Waals surface area (Å²) in [5.74, 6) is -2.08. The van der Waals surface area contributed by atoms with Gasteiger partial charge in [0.1, 0.15) is 5.78 Å². The maximum atomic E-state index is 11.0. The van der Waals surface area contributed by atoms with E-state index in [1.165, 1.54) is 25.0 Å². The highest BCUT2D eigenvalue weighted by molar-refractivity contribution is 5.99. The van der Waals surface area contributed by atoms with Crippen LogP contribution in [0.15, 0.2) is 0 Å². The topological polar surface area (TPSA) is 102 Å². The van der Waals surface area contributed by atoms with Gasteiger partial charge in [-0.1, -0.05) is 11.2 Å². The van der Waals surface area contributed by atoms with Crippen LogP contribution in [0.1, 0.15) is 13.8 Å². The maximum absolute atomic E-state index is 11.0. The molecule has 0 aliphatic heterocycles. The first-order valence-corrected chi connectivity index (χ1v) is 3.18. The first kappa shape index (κ1) is 11.0. The van der Waals surface area contributed by atoms with Crippen molar-refractivity contribution in [2.24, 2.45) is 5.92 Å². The minimum absolute atomic E-state index is 0.284. The molecule has 0 aliphatic carbocycles. The van der Waals surface area contributed by atoms with E-state index in [2.05, 4.69) is 0 Å². The third-order valence-electron chi connectivity index (χ3n) is 1.40. The molecule has 0 bridgehead atoms. The number of nitrogens with zero attached hydrogens (tertiary/aromatic N) is 1. The molecule has 0 saturated carbocycles. The summed E-state index contributed by atoms with van der Waals surface area (Å²) in [6.45, 7) is 2.59. The van der Waals surface area contributed by atoms with Crippen molar-refractivity contribution >= 4 is 11.7 Å². The van der Waals surface area contributed by atoms with E-state index in [0.717, 1.165) is 0 Å². The molecule has 0 heterocycles. The van der Waals surface area contributed by atoms with Gasteiger partial charge < -0.3 is 0 Å². The van der Waals surface area contributed by atoms with Gasteiger partial charge in [0.05, 0.1) is 5.92 Å². The van der Waals surface area contributed by atoms with E-state index in [1.54, 1.807) is 0 Å². The minimum Gasteiger partial charge on any atom is -0.299 e. The Morgan fingerprint density at radius 2 is 1.75 bits per heavy atom. The lowest BCUT2D eigenvalue weighted by molar-refractivity contribution is -0.179. The number of hydrazine groups is 2. The predicted molar refractivity (Wildman–Crippen MR) is 36.5 cm³/mol. The first-order chi connectivity index (χ1) is 5.54. The highest BCUT2D eigenvalue weighted by Gasteiger charge is 2.23. The Morgan fingerprint density at radius 1 is 1.33 bits per heavy atom. The summed E-state index contributed by atoms with van der Waals surface area (Å²) in [5.41, 5.74) is 2.72. The van der Waals surface area contributed by atoms with Gasteiger partial charge in [-0.2, -0.15) is 5.12 Å². The number of hydrogen-bond donors (Lipinski definition) is 4. The summed E-state index contributed by atoms with van der Waals surface area (Å²) in [4.78, 5) is 21.7. The third kappa shape index (κ3) is 2.55. The molecular formula is C5H11N3O4.